The average Bonchev–Trinajstić information content (AvgIpc) is 3.23. The number of hydrogen-bond donors (Lipinski definition) is 1. The van der Waals surface area contributed by atoms with Crippen LogP contribution in [-0.4, -0.2) is 19.1 Å². The van der Waals surface area contributed by atoms with Crippen LogP contribution in [0.4, 0.5) is 4.39 Å². The number of aryl methyl sites for hydroxylation is 1. The van der Waals surface area contributed by atoms with Crippen molar-refractivity contribution in [2.45, 2.75) is 27.2 Å². The molecule has 0 fully saturated rings. The van der Waals surface area contributed by atoms with Gasteiger partial charge in [0.1, 0.15) is 17.1 Å². The SMILES string of the molecule is CCOc1cc2occ(-c3ccc(C)cc3)c2cc1/C(C)=C/C(=O)NCCc1ccc(F)cc1. The number of benzene rings is 3. The zero-order chi connectivity index (χ0) is 24.1. The molecule has 1 amide bonds. The third-order valence-corrected chi connectivity index (χ3v) is 5.74. The predicted molar refractivity (Wildman–Crippen MR) is 134 cm³/mol. The van der Waals surface area contributed by atoms with Crippen molar-refractivity contribution in [3.05, 3.63) is 95.5 Å². The van der Waals surface area contributed by atoms with Gasteiger partial charge in [0.25, 0.3) is 0 Å². The molecule has 174 valence electrons. The zero-order valence-corrected chi connectivity index (χ0v) is 19.7. The molecular weight excluding hydrogens is 429 g/mol. The summed E-state index contributed by atoms with van der Waals surface area (Å²) in [4.78, 5) is 12.6. The quantitative estimate of drug-likeness (QED) is 0.299. The second-order valence-electron chi connectivity index (χ2n) is 8.29. The van der Waals surface area contributed by atoms with Gasteiger partial charge >= 0.3 is 0 Å². The minimum Gasteiger partial charge on any atom is -0.493 e. The lowest BCUT2D eigenvalue weighted by molar-refractivity contribution is -0.116. The molecule has 1 N–H and O–H groups in total. The smallest absolute Gasteiger partial charge is 0.244 e. The number of carbonyl (C=O) groups excluding carboxylic acids is 1. The van der Waals surface area contributed by atoms with E-state index in [1.807, 2.05) is 26.0 Å². The van der Waals surface area contributed by atoms with Crippen LogP contribution >= 0.6 is 0 Å². The van der Waals surface area contributed by atoms with Gasteiger partial charge in [-0.2, -0.15) is 0 Å². The van der Waals surface area contributed by atoms with Gasteiger partial charge in [-0.1, -0.05) is 42.0 Å². The van der Waals surface area contributed by atoms with Gasteiger partial charge in [0.15, 0.2) is 0 Å². The van der Waals surface area contributed by atoms with Crippen LogP contribution in [0, 0.1) is 12.7 Å². The maximum atomic E-state index is 13.0. The van der Waals surface area contributed by atoms with Crippen LogP contribution in [0.15, 0.2) is 77.4 Å². The van der Waals surface area contributed by atoms with Gasteiger partial charge in [-0.15, -0.1) is 0 Å². The number of ether oxygens (including phenoxy) is 1. The molecule has 4 nitrogen and oxygen atoms in total. The van der Waals surface area contributed by atoms with Crippen LogP contribution in [0.3, 0.4) is 0 Å². The lowest BCUT2D eigenvalue weighted by atomic mass is 9.98. The maximum Gasteiger partial charge on any atom is 0.244 e. The van der Waals surface area contributed by atoms with Crippen molar-refractivity contribution in [2.75, 3.05) is 13.2 Å². The fourth-order valence-corrected chi connectivity index (χ4v) is 3.90. The molecule has 1 aromatic heterocycles. The summed E-state index contributed by atoms with van der Waals surface area (Å²) in [6.45, 7) is 6.85. The number of nitrogens with one attached hydrogen (secondary N) is 1. The minimum atomic E-state index is -0.267. The van der Waals surface area contributed by atoms with Gasteiger partial charge in [-0.05, 0) is 62.1 Å². The molecule has 3 aromatic carbocycles. The van der Waals surface area contributed by atoms with E-state index in [0.29, 0.717) is 25.3 Å². The van der Waals surface area contributed by atoms with Crippen molar-refractivity contribution in [1.29, 1.82) is 0 Å². The molecule has 0 radical (unpaired) electrons. The molecule has 4 rings (SSSR count). The Morgan fingerprint density at radius 1 is 1.09 bits per heavy atom. The maximum absolute atomic E-state index is 13.0. The molecule has 4 aromatic rings. The standard InChI is InChI=1S/C29H28FNO3/c1-4-33-27-17-28-25(26(18-34-28)22-9-5-19(2)6-10-22)16-24(27)20(3)15-29(32)31-14-13-21-7-11-23(30)12-8-21/h5-12,15-18H,4,13-14H2,1-3H3,(H,31,32)/b20-15+. The summed E-state index contributed by atoms with van der Waals surface area (Å²) in [7, 11) is 0. The van der Waals surface area contributed by atoms with E-state index in [0.717, 1.165) is 38.8 Å². The van der Waals surface area contributed by atoms with E-state index in [4.69, 9.17) is 9.15 Å². The zero-order valence-electron chi connectivity index (χ0n) is 19.7. The van der Waals surface area contributed by atoms with Gasteiger partial charge in [-0.25, -0.2) is 4.39 Å². The van der Waals surface area contributed by atoms with Crippen LogP contribution in [0.2, 0.25) is 0 Å². The molecule has 0 saturated heterocycles. The molecule has 0 saturated carbocycles. The van der Waals surface area contributed by atoms with Crippen molar-refractivity contribution < 1.29 is 18.3 Å². The van der Waals surface area contributed by atoms with E-state index in [1.165, 1.54) is 17.7 Å². The van der Waals surface area contributed by atoms with Crippen LogP contribution in [-0.2, 0) is 11.2 Å². The highest BCUT2D eigenvalue weighted by atomic mass is 19.1. The minimum absolute atomic E-state index is 0.187. The van der Waals surface area contributed by atoms with E-state index in [-0.39, 0.29) is 11.7 Å². The summed E-state index contributed by atoms with van der Waals surface area (Å²) in [6.07, 6.45) is 3.97. The fraction of sp³-hybridized carbons (Fsp3) is 0.207. The second-order valence-corrected chi connectivity index (χ2v) is 8.29. The fourth-order valence-electron chi connectivity index (χ4n) is 3.90. The molecule has 0 aliphatic heterocycles. The molecule has 34 heavy (non-hydrogen) atoms. The molecule has 0 aliphatic carbocycles. The summed E-state index contributed by atoms with van der Waals surface area (Å²) >= 11 is 0. The largest absolute Gasteiger partial charge is 0.493 e. The van der Waals surface area contributed by atoms with Gasteiger partial charge in [-0.3, -0.25) is 4.79 Å². The Kier molecular flexibility index (Phi) is 7.12. The Morgan fingerprint density at radius 2 is 1.82 bits per heavy atom. The Labute approximate surface area is 199 Å². The third-order valence-electron chi connectivity index (χ3n) is 5.74. The van der Waals surface area contributed by atoms with Gasteiger partial charge in [0.05, 0.1) is 12.9 Å². The number of halogens is 1. The molecule has 5 heteroatoms. The molecular formula is C29H28FNO3. The number of amides is 1. The number of rotatable bonds is 8. The molecule has 0 atom stereocenters. The number of fused-ring (bicyclic) bond motifs is 1. The van der Waals surface area contributed by atoms with Crippen LogP contribution in [0.25, 0.3) is 27.7 Å². The molecule has 0 aliphatic rings. The normalized spacial score (nSPS) is 11.6. The van der Waals surface area contributed by atoms with Crippen molar-refractivity contribution in [3.8, 4) is 16.9 Å². The Hall–Kier alpha value is -3.86. The van der Waals surface area contributed by atoms with Crippen molar-refractivity contribution in [3.63, 3.8) is 0 Å². The van der Waals surface area contributed by atoms with Crippen LogP contribution in [0.5, 0.6) is 5.75 Å². The van der Waals surface area contributed by atoms with Gasteiger partial charge in [0, 0.05) is 35.2 Å². The Bertz CT molecular complexity index is 1320. The van der Waals surface area contributed by atoms with Gasteiger partial charge in [0.2, 0.25) is 5.91 Å². The number of hydrogen-bond acceptors (Lipinski definition) is 3. The first-order valence-electron chi connectivity index (χ1n) is 11.4. The second kappa shape index (κ2) is 10.4. The van der Waals surface area contributed by atoms with E-state index >= 15 is 0 Å². The lowest BCUT2D eigenvalue weighted by Crippen LogP contribution is -2.23. The summed E-state index contributed by atoms with van der Waals surface area (Å²) < 4.78 is 24.8. The van der Waals surface area contributed by atoms with E-state index < -0.39 is 0 Å². The van der Waals surface area contributed by atoms with Crippen LogP contribution in [0.1, 0.15) is 30.5 Å². The van der Waals surface area contributed by atoms with Crippen molar-refractivity contribution >= 4 is 22.4 Å². The lowest BCUT2D eigenvalue weighted by Gasteiger charge is -2.12. The average molecular weight is 458 g/mol. The van der Waals surface area contributed by atoms with Gasteiger partial charge < -0.3 is 14.5 Å². The topological polar surface area (TPSA) is 51.5 Å². The predicted octanol–water partition coefficient (Wildman–Crippen LogP) is 6.71. The Balaban J connectivity index is 1.57. The van der Waals surface area contributed by atoms with E-state index in [2.05, 4.69) is 36.5 Å². The molecule has 1 heterocycles. The number of allylic oxidation sites excluding steroid dienone is 1. The number of furan rings is 1. The Morgan fingerprint density at radius 3 is 2.53 bits per heavy atom. The molecule has 0 bridgehead atoms. The summed E-state index contributed by atoms with van der Waals surface area (Å²) in [5, 5.41) is 3.87. The first-order valence-corrected chi connectivity index (χ1v) is 11.4. The first kappa shape index (κ1) is 23.3. The summed E-state index contributed by atoms with van der Waals surface area (Å²) in [5.41, 5.74) is 6.60. The summed E-state index contributed by atoms with van der Waals surface area (Å²) in [6, 6.07) is 18.5. The third kappa shape index (κ3) is 5.37. The van der Waals surface area contributed by atoms with E-state index in [9.17, 15) is 9.18 Å². The highest BCUT2D eigenvalue weighted by Crippen LogP contribution is 2.37. The highest BCUT2D eigenvalue weighted by molar-refractivity contribution is 6.00. The highest BCUT2D eigenvalue weighted by Gasteiger charge is 2.15. The molecule has 0 unspecified atom stereocenters. The van der Waals surface area contributed by atoms with Crippen LogP contribution < -0.4 is 10.1 Å². The van der Waals surface area contributed by atoms with E-state index in [1.54, 1.807) is 24.5 Å². The molecule has 0 spiro atoms. The van der Waals surface area contributed by atoms with Crippen molar-refractivity contribution in [2.24, 2.45) is 0 Å². The monoisotopic (exact) mass is 457 g/mol. The number of carbonyl (C=O) groups is 1. The van der Waals surface area contributed by atoms with Crippen molar-refractivity contribution in [1.82, 2.24) is 5.32 Å². The summed E-state index contributed by atoms with van der Waals surface area (Å²) in [5.74, 6) is 0.220. The first-order chi connectivity index (χ1) is 16.4.